The van der Waals surface area contributed by atoms with E-state index in [1.54, 1.807) is 0 Å². The van der Waals surface area contributed by atoms with Gasteiger partial charge in [0.15, 0.2) is 9.84 Å². The Labute approximate surface area is 78.4 Å². The number of alkyl halides is 1. The van der Waals surface area contributed by atoms with E-state index >= 15 is 0 Å². The molecular formula is C8H16FNO2S. The van der Waals surface area contributed by atoms with Gasteiger partial charge in [-0.15, -0.1) is 0 Å². The van der Waals surface area contributed by atoms with Crippen molar-refractivity contribution in [2.24, 2.45) is 17.6 Å². The molecule has 0 aliphatic carbocycles. The lowest BCUT2D eigenvalue weighted by Gasteiger charge is -2.29. The third-order valence-corrected chi connectivity index (χ3v) is 4.51. The van der Waals surface area contributed by atoms with Crippen molar-refractivity contribution in [3.05, 3.63) is 0 Å². The number of rotatable bonds is 3. The first-order valence-corrected chi connectivity index (χ1v) is 6.37. The Morgan fingerprint density at radius 2 is 2.08 bits per heavy atom. The zero-order valence-corrected chi connectivity index (χ0v) is 8.39. The lowest BCUT2D eigenvalue weighted by molar-refractivity contribution is 0.287. The molecule has 0 aromatic rings. The van der Waals surface area contributed by atoms with E-state index in [0.717, 1.165) is 0 Å². The van der Waals surface area contributed by atoms with Crippen LogP contribution in [-0.4, -0.2) is 33.1 Å². The lowest BCUT2D eigenvalue weighted by atomic mass is 9.88. The molecule has 0 spiro atoms. The highest BCUT2D eigenvalue weighted by molar-refractivity contribution is 7.91. The normalized spacial score (nSPS) is 33.1. The van der Waals surface area contributed by atoms with Crippen molar-refractivity contribution in [3.63, 3.8) is 0 Å². The van der Waals surface area contributed by atoms with Crippen molar-refractivity contribution < 1.29 is 12.8 Å². The van der Waals surface area contributed by atoms with E-state index in [1.165, 1.54) is 0 Å². The Kier molecular flexibility index (Phi) is 3.67. The van der Waals surface area contributed by atoms with E-state index in [1.807, 2.05) is 0 Å². The van der Waals surface area contributed by atoms with E-state index in [9.17, 15) is 12.8 Å². The van der Waals surface area contributed by atoms with E-state index in [4.69, 9.17) is 5.73 Å². The fourth-order valence-electron chi connectivity index (χ4n) is 1.89. The monoisotopic (exact) mass is 209 g/mol. The maximum Gasteiger partial charge on any atom is 0.150 e. The van der Waals surface area contributed by atoms with Crippen LogP contribution in [0.2, 0.25) is 0 Å². The largest absolute Gasteiger partial charge is 0.330 e. The minimum Gasteiger partial charge on any atom is -0.330 e. The molecule has 2 atom stereocenters. The van der Waals surface area contributed by atoms with Crippen LogP contribution in [0.1, 0.15) is 12.8 Å². The van der Waals surface area contributed by atoms with Crippen molar-refractivity contribution in [3.8, 4) is 0 Å². The smallest absolute Gasteiger partial charge is 0.150 e. The molecule has 0 saturated carbocycles. The summed E-state index contributed by atoms with van der Waals surface area (Å²) in [5, 5.41) is 0. The van der Waals surface area contributed by atoms with Crippen molar-refractivity contribution in [2.75, 3.05) is 24.7 Å². The fourth-order valence-corrected chi connectivity index (χ4v) is 3.78. The molecule has 78 valence electrons. The van der Waals surface area contributed by atoms with Crippen molar-refractivity contribution in [1.82, 2.24) is 0 Å². The molecular weight excluding hydrogens is 193 g/mol. The van der Waals surface area contributed by atoms with Crippen LogP contribution in [0.3, 0.4) is 0 Å². The summed E-state index contributed by atoms with van der Waals surface area (Å²) in [5.41, 5.74) is 5.46. The number of halogens is 1. The van der Waals surface area contributed by atoms with Gasteiger partial charge in [-0.2, -0.15) is 0 Å². The van der Waals surface area contributed by atoms with Gasteiger partial charge in [0.1, 0.15) is 0 Å². The van der Waals surface area contributed by atoms with Gasteiger partial charge in [-0.3, -0.25) is 4.39 Å². The van der Waals surface area contributed by atoms with Gasteiger partial charge in [-0.1, -0.05) is 0 Å². The summed E-state index contributed by atoms with van der Waals surface area (Å²) < 4.78 is 34.5. The molecule has 1 fully saturated rings. The quantitative estimate of drug-likeness (QED) is 0.730. The highest BCUT2D eigenvalue weighted by atomic mass is 32.2. The first-order valence-electron chi connectivity index (χ1n) is 4.55. The van der Waals surface area contributed by atoms with Gasteiger partial charge in [-0.25, -0.2) is 8.42 Å². The molecule has 2 N–H and O–H groups in total. The maximum absolute atomic E-state index is 12.1. The minimum absolute atomic E-state index is 0.0329. The summed E-state index contributed by atoms with van der Waals surface area (Å²) >= 11 is 0. The first kappa shape index (κ1) is 10.9. The summed E-state index contributed by atoms with van der Waals surface area (Å²) in [5.74, 6) is 0.482. The number of nitrogens with two attached hydrogens (primary N) is 1. The number of hydrogen-bond acceptors (Lipinski definition) is 3. The third-order valence-electron chi connectivity index (χ3n) is 2.72. The molecule has 1 aliphatic heterocycles. The highest BCUT2D eigenvalue weighted by Crippen LogP contribution is 2.27. The van der Waals surface area contributed by atoms with Gasteiger partial charge in [0.2, 0.25) is 0 Å². The Morgan fingerprint density at radius 1 is 1.38 bits per heavy atom. The van der Waals surface area contributed by atoms with E-state index in [2.05, 4.69) is 0 Å². The second kappa shape index (κ2) is 4.37. The van der Waals surface area contributed by atoms with Crippen LogP contribution in [0.4, 0.5) is 4.39 Å². The average Bonchev–Trinajstić information content (AvgIpc) is 2.08. The van der Waals surface area contributed by atoms with E-state index in [-0.39, 0.29) is 30.0 Å². The van der Waals surface area contributed by atoms with Crippen LogP contribution in [0.25, 0.3) is 0 Å². The van der Waals surface area contributed by atoms with Gasteiger partial charge in [0, 0.05) is 0 Å². The second-order valence-electron chi connectivity index (χ2n) is 3.64. The maximum atomic E-state index is 12.1. The zero-order valence-electron chi connectivity index (χ0n) is 7.58. The predicted octanol–water partition coefficient (Wildman–Crippen LogP) is 0.356. The molecule has 13 heavy (non-hydrogen) atoms. The van der Waals surface area contributed by atoms with Crippen molar-refractivity contribution >= 4 is 9.84 Å². The number of hydrogen-bond donors (Lipinski definition) is 1. The van der Waals surface area contributed by atoms with Crippen LogP contribution in [0, 0.1) is 11.8 Å². The summed E-state index contributed by atoms with van der Waals surface area (Å²) in [6, 6.07) is 0. The molecule has 0 bridgehead atoms. The molecule has 1 aliphatic rings. The molecule has 1 rings (SSSR count). The standard InChI is InChI=1S/C8H16FNO2S/c9-3-1-7-2-4-13(11,12)6-8(7)5-10/h7-8H,1-6,10H2. The molecule has 0 aromatic heterocycles. The summed E-state index contributed by atoms with van der Waals surface area (Å²) in [6.45, 7) is -0.0227. The van der Waals surface area contributed by atoms with E-state index < -0.39 is 9.84 Å². The van der Waals surface area contributed by atoms with Gasteiger partial charge in [0.25, 0.3) is 0 Å². The lowest BCUT2D eigenvalue weighted by Crippen LogP contribution is -2.37. The van der Waals surface area contributed by atoms with Gasteiger partial charge < -0.3 is 5.73 Å². The van der Waals surface area contributed by atoms with Crippen LogP contribution in [0.15, 0.2) is 0 Å². The Hall–Kier alpha value is -0.160. The summed E-state index contributed by atoms with van der Waals surface area (Å²) in [6.07, 6.45) is 1.03. The Balaban J connectivity index is 2.60. The minimum atomic E-state index is -2.90. The zero-order chi connectivity index (χ0) is 9.90. The third kappa shape index (κ3) is 2.91. The predicted molar refractivity (Wildman–Crippen MR) is 49.9 cm³/mol. The van der Waals surface area contributed by atoms with Gasteiger partial charge >= 0.3 is 0 Å². The average molecular weight is 209 g/mol. The topological polar surface area (TPSA) is 60.2 Å². The van der Waals surface area contributed by atoms with Crippen molar-refractivity contribution in [2.45, 2.75) is 12.8 Å². The second-order valence-corrected chi connectivity index (χ2v) is 5.87. The summed E-state index contributed by atoms with van der Waals surface area (Å²) in [4.78, 5) is 0. The van der Waals surface area contributed by atoms with E-state index in [0.29, 0.717) is 19.4 Å². The molecule has 1 heterocycles. The van der Waals surface area contributed by atoms with Gasteiger partial charge in [-0.05, 0) is 31.2 Å². The summed E-state index contributed by atoms with van der Waals surface area (Å²) in [7, 11) is -2.90. The molecule has 0 radical (unpaired) electrons. The number of sulfone groups is 1. The van der Waals surface area contributed by atoms with Crippen LogP contribution < -0.4 is 5.73 Å². The Bertz CT molecular complexity index is 253. The van der Waals surface area contributed by atoms with Crippen LogP contribution in [-0.2, 0) is 9.84 Å². The van der Waals surface area contributed by atoms with Gasteiger partial charge in [0.05, 0.1) is 18.2 Å². The molecule has 0 amide bonds. The SMILES string of the molecule is NCC1CS(=O)(=O)CCC1CCF. The molecule has 1 saturated heterocycles. The first-order chi connectivity index (χ1) is 6.09. The highest BCUT2D eigenvalue weighted by Gasteiger charge is 2.31. The molecule has 3 nitrogen and oxygen atoms in total. The fraction of sp³-hybridized carbons (Fsp3) is 1.00. The van der Waals surface area contributed by atoms with Crippen LogP contribution >= 0.6 is 0 Å². The molecule has 5 heteroatoms. The van der Waals surface area contributed by atoms with Crippen LogP contribution in [0.5, 0.6) is 0 Å². The molecule has 0 aromatic carbocycles. The Morgan fingerprint density at radius 3 is 2.62 bits per heavy atom. The van der Waals surface area contributed by atoms with Crippen molar-refractivity contribution in [1.29, 1.82) is 0 Å². The molecule has 2 unspecified atom stereocenters.